The van der Waals surface area contributed by atoms with Crippen LogP contribution in [-0.4, -0.2) is 21.1 Å². The Labute approximate surface area is 127 Å². The summed E-state index contributed by atoms with van der Waals surface area (Å²) in [5.41, 5.74) is 7.80. The molecule has 6 heteroatoms. The zero-order valence-corrected chi connectivity index (χ0v) is 12.0. The second-order valence-corrected chi connectivity index (χ2v) is 5.53. The lowest BCUT2D eigenvalue weighted by Gasteiger charge is -2.26. The van der Waals surface area contributed by atoms with E-state index in [0.29, 0.717) is 11.3 Å². The zero-order chi connectivity index (χ0) is 15.1. The molecule has 112 valence electrons. The minimum absolute atomic E-state index is 0.0142. The first-order chi connectivity index (χ1) is 10.7. The van der Waals surface area contributed by atoms with Gasteiger partial charge in [0.15, 0.2) is 5.65 Å². The number of rotatable bonds is 2. The van der Waals surface area contributed by atoms with Crippen molar-refractivity contribution in [1.29, 1.82) is 0 Å². The monoisotopic (exact) mass is 297 g/mol. The number of aromatic nitrogens is 3. The standard InChI is InChI=1S/C16H16FN5/c17-12-5-2-1-4-11(12)14-6-3-8-21(14)15-7-9-22-16(20-15)13(18)10-19-22/h1-2,4-5,7,9-10,14H,3,6,8,18H2/t14-/m1/s1. The van der Waals surface area contributed by atoms with Crippen LogP contribution >= 0.6 is 0 Å². The van der Waals surface area contributed by atoms with Crippen molar-refractivity contribution in [2.75, 3.05) is 17.2 Å². The summed E-state index contributed by atoms with van der Waals surface area (Å²) in [6.07, 6.45) is 5.36. The molecule has 2 aromatic heterocycles. The van der Waals surface area contributed by atoms with E-state index in [9.17, 15) is 4.39 Å². The van der Waals surface area contributed by atoms with Gasteiger partial charge in [0.25, 0.3) is 0 Å². The Morgan fingerprint density at radius 2 is 2.09 bits per heavy atom. The van der Waals surface area contributed by atoms with Crippen LogP contribution in [0.15, 0.2) is 42.7 Å². The van der Waals surface area contributed by atoms with Gasteiger partial charge in [-0.1, -0.05) is 18.2 Å². The molecule has 0 unspecified atom stereocenters. The summed E-state index contributed by atoms with van der Waals surface area (Å²) < 4.78 is 15.8. The van der Waals surface area contributed by atoms with Crippen molar-refractivity contribution < 1.29 is 4.39 Å². The quantitative estimate of drug-likeness (QED) is 0.790. The number of halogens is 1. The molecule has 0 saturated carbocycles. The molecular formula is C16H16FN5. The topological polar surface area (TPSA) is 59.4 Å². The molecule has 3 heterocycles. The number of hydrogen-bond acceptors (Lipinski definition) is 4. The van der Waals surface area contributed by atoms with Crippen molar-refractivity contribution in [3.63, 3.8) is 0 Å². The third-order valence-electron chi connectivity index (χ3n) is 4.19. The Hall–Kier alpha value is -2.63. The van der Waals surface area contributed by atoms with Crippen molar-refractivity contribution in [3.8, 4) is 0 Å². The van der Waals surface area contributed by atoms with Gasteiger partial charge in [-0.05, 0) is 25.0 Å². The summed E-state index contributed by atoms with van der Waals surface area (Å²) >= 11 is 0. The molecule has 0 radical (unpaired) electrons. The van der Waals surface area contributed by atoms with E-state index in [2.05, 4.69) is 15.0 Å². The Morgan fingerprint density at radius 1 is 1.23 bits per heavy atom. The van der Waals surface area contributed by atoms with Gasteiger partial charge >= 0.3 is 0 Å². The first kappa shape index (κ1) is 13.1. The van der Waals surface area contributed by atoms with E-state index in [1.54, 1.807) is 16.8 Å². The van der Waals surface area contributed by atoms with Gasteiger partial charge in [0.1, 0.15) is 11.6 Å². The lowest BCUT2D eigenvalue weighted by molar-refractivity contribution is 0.579. The lowest BCUT2D eigenvalue weighted by atomic mass is 10.0. The van der Waals surface area contributed by atoms with Gasteiger partial charge in [-0.15, -0.1) is 0 Å². The minimum Gasteiger partial charge on any atom is -0.394 e. The van der Waals surface area contributed by atoms with Crippen LogP contribution in [0.5, 0.6) is 0 Å². The average molecular weight is 297 g/mol. The molecule has 1 saturated heterocycles. The summed E-state index contributed by atoms with van der Waals surface area (Å²) in [4.78, 5) is 6.74. The van der Waals surface area contributed by atoms with Crippen LogP contribution in [0.4, 0.5) is 15.9 Å². The predicted octanol–water partition coefficient (Wildman–Crippen LogP) is 2.79. The van der Waals surface area contributed by atoms with Gasteiger partial charge in [-0.25, -0.2) is 13.9 Å². The molecule has 5 nitrogen and oxygen atoms in total. The van der Waals surface area contributed by atoms with E-state index < -0.39 is 0 Å². The highest BCUT2D eigenvalue weighted by atomic mass is 19.1. The Bertz CT molecular complexity index is 828. The van der Waals surface area contributed by atoms with Gasteiger partial charge in [0, 0.05) is 18.3 Å². The lowest BCUT2D eigenvalue weighted by Crippen LogP contribution is -2.24. The second kappa shape index (κ2) is 4.98. The third kappa shape index (κ3) is 1.99. The third-order valence-corrected chi connectivity index (χ3v) is 4.19. The highest BCUT2D eigenvalue weighted by Crippen LogP contribution is 2.36. The molecule has 2 N–H and O–H groups in total. The maximum atomic E-state index is 14.1. The maximum absolute atomic E-state index is 14.1. The highest BCUT2D eigenvalue weighted by Gasteiger charge is 2.29. The zero-order valence-electron chi connectivity index (χ0n) is 12.0. The summed E-state index contributed by atoms with van der Waals surface area (Å²) in [5, 5.41) is 4.13. The molecule has 0 spiro atoms. The van der Waals surface area contributed by atoms with Gasteiger partial charge < -0.3 is 10.6 Å². The molecule has 0 amide bonds. The molecule has 1 fully saturated rings. The van der Waals surface area contributed by atoms with Crippen LogP contribution in [0.25, 0.3) is 5.65 Å². The van der Waals surface area contributed by atoms with Crippen LogP contribution in [0.3, 0.4) is 0 Å². The van der Waals surface area contributed by atoms with E-state index in [-0.39, 0.29) is 11.9 Å². The van der Waals surface area contributed by atoms with Crippen LogP contribution in [0, 0.1) is 5.82 Å². The van der Waals surface area contributed by atoms with Gasteiger partial charge in [0.05, 0.1) is 17.9 Å². The number of hydrogen-bond donors (Lipinski definition) is 1. The fourth-order valence-corrected chi connectivity index (χ4v) is 3.15. The molecule has 1 atom stereocenters. The Balaban J connectivity index is 1.76. The van der Waals surface area contributed by atoms with E-state index in [4.69, 9.17) is 5.73 Å². The van der Waals surface area contributed by atoms with Crippen molar-refractivity contribution >= 4 is 17.2 Å². The highest BCUT2D eigenvalue weighted by molar-refractivity contribution is 5.65. The molecule has 1 aliphatic heterocycles. The van der Waals surface area contributed by atoms with Crippen molar-refractivity contribution in [3.05, 3.63) is 54.1 Å². The van der Waals surface area contributed by atoms with Crippen molar-refractivity contribution in [1.82, 2.24) is 14.6 Å². The van der Waals surface area contributed by atoms with Crippen LogP contribution < -0.4 is 10.6 Å². The minimum atomic E-state index is -0.163. The number of nitrogens with zero attached hydrogens (tertiary/aromatic N) is 4. The molecule has 1 aliphatic rings. The smallest absolute Gasteiger partial charge is 0.180 e. The largest absolute Gasteiger partial charge is 0.394 e. The van der Waals surface area contributed by atoms with Crippen LogP contribution in [0.1, 0.15) is 24.4 Å². The fraction of sp³-hybridized carbons (Fsp3) is 0.250. The first-order valence-electron chi connectivity index (χ1n) is 7.35. The molecule has 0 bridgehead atoms. The predicted molar refractivity (Wildman–Crippen MR) is 83.1 cm³/mol. The maximum Gasteiger partial charge on any atom is 0.180 e. The Morgan fingerprint density at radius 3 is 2.95 bits per heavy atom. The molecule has 3 aromatic rings. The summed E-state index contributed by atoms with van der Waals surface area (Å²) in [5.74, 6) is 0.648. The summed E-state index contributed by atoms with van der Waals surface area (Å²) in [7, 11) is 0. The van der Waals surface area contributed by atoms with Crippen LogP contribution in [-0.2, 0) is 0 Å². The molecule has 0 aliphatic carbocycles. The molecule has 1 aromatic carbocycles. The molecule has 22 heavy (non-hydrogen) atoms. The van der Waals surface area contributed by atoms with Gasteiger partial charge in [0.2, 0.25) is 0 Å². The van der Waals surface area contributed by atoms with E-state index in [1.807, 2.05) is 24.4 Å². The number of benzene rings is 1. The van der Waals surface area contributed by atoms with Gasteiger partial charge in [-0.2, -0.15) is 5.10 Å². The SMILES string of the molecule is Nc1cnn2ccc(N3CCC[C@@H]3c3ccccc3F)nc12. The fourth-order valence-electron chi connectivity index (χ4n) is 3.15. The number of nitrogens with two attached hydrogens (primary N) is 1. The first-order valence-corrected chi connectivity index (χ1v) is 7.35. The summed E-state index contributed by atoms with van der Waals surface area (Å²) in [6, 6.07) is 8.87. The number of nitrogen functional groups attached to an aromatic ring is 1. The molecular weight excluding hydrogens is 281 g/mol. The number of fused-ring (bicyclic) bond motifs is 1. The Kier molecular flexibility index (Phi) is 2.96. The number of anilines is 2. The average Bonchev–Trinajstić information content (AvgIpc) is 3.15. The second-order valence-electron chi connectivity index (χ2n) is 5.53. The van der Waals surface area contributed by atoms with Crippen molar-refractivity contribution in [2.24, 2.45) is 0 Å². The van der Waals surface area contributed by atoms with E-state index in [0.717, 1.165) is 30.8 Å². The normalized spacial score (nSPS) is 18.2. The van der Waals surface area contributed by atoms with Gasteiger partial charge in [-0.3, -0.25) is 0 Å². The van der Waals surface area contributed by atoms with E-state index >= 15 is 0 Å². The van der Waals surface area contributed by atoms with Crippen LogP contribution in [0.2, 0.25) is 0 Å². The molecule has 4 rings (SSSR count). The van der Waals surface area contributed by atoms with Crippen molar-refractivity contribution in [2.45, 2.75) is 18.9 Å². The van der Waals surface area contributed by atoms with E-state index in [1.165, 1.54) is 6.07 Å². The summed E-state index contributed by atoms with van der Waals surface area (Å²) in [6.45, 7) is 0.857.